The van der Waals surface area contributed by atoms with Crippen LogP contribution in [-0.2, 0) is 11.0 Å². The Morgan fingerprint density at radius 3 is 2.60 bits per heavy atom. The van der Waals surface area contributed by atoms with Gasteiger partial charge in [0.1, 0.15) is 16.5 Å². The van der Waals surface area contributed by atoms with E-state index in [1.807, 2.05) is 10.4 Å². The summed E-state index contributed by atoms with van der Waals surface area (Å²) in [6, 6.07) is 7.07. The Labute approximate surface area is 265 Å². The molecule has 1 aromatic heterocycles. The molecule has 2 saturated carbocycles. The van der Waals surface area contributed by atoms with E-state index in [1.165, 1.54) is 6.07 Å². The van der Waals surface area contributed by atoms with Crippen molar-refractivity contribution in [1.29, 1.82) is 0 Å². The van der Waals surface area contributed by atoms with Gasteiger partial charge in [0.15, 0.2) is 16.8 Å². The second-order valence-corrected chi connectivity index (χ2v) is 14.9. The van der Waals surface area contributed by atoms with Crippen molar-refractivity contribution < 1.29 is 18.4 Å². The summed E-state index contributed by atoms with van der Waals surface area (Å²) in [7, 11) is 2.48. The first kappa shape index (κ1) is 28.7. The van der Waals surface area contributed by atoms with Crippen LogP contribution in [0, 0.1) is 23.6 Å². The number of nitrogens with zero attached hydrogens (tertiary/aromatic N) is 5. The van der Waals surface area contributed by atoms with Crippen LogP contribution in [0.2, 0.25) is 0 Å². The Morgan fingerprint density at radius 1 is 1.18 bits per heavy atom. The number of phenolic OH excluding ortho intramolecular Hbond substituents is 1. The van der Waals surface area contributed by atoms with Gasteiger partial charge in [-0.3, -0.25) is 4.31 Å². The van der Waals surface area contributed by atoms with Crippen LogP contribution >= 0.6 is 0 Å². The van der Waals surface area contributed by atoms with Gasteiger partial charge >= 0.3 is 6.01 Å². The quantitative estimate of drug-likeness (QED) is 0.360. The third kappa shape index (κ3) is 5.13. The molecular weight excluding hydrogens is 591 g/mol. The van der Waals surface area contributed by atoms with Gasteiger partial charge in [-0.2, -0.15) is 9.97 Å². The minimum atomic E-state index is -1.67. The molecule has 2 bridgehead atoms. The first-order valence-corrected chi connectivity index (χ1v) is 16.9. The van der Waals surface area contributed by atoms with E-state index in [1.54, 1.807) is 18.2 Å². The Balaban J connectivity index is 1.30. The van der Waals surface area contributed by atoms with Crippen molar-refractivity contribution in [2.24, 2.45) is 5.41 Å². The number of anilines is 1. The summed E-state index contributed by atoms with van der Waals surface area (Å²) in [6.07, 6.45) is 13.8. The number of phenols is 1. The van der Waals surface area contributed by atoms with Crippen LogP contribution in [0.5, 0.6) is 11.8 Å². The average Bonchev–Trinajstić information content (AvgIpc) is 3.95. The van der Waals surface area contributed by atoms with Crippen LogP contribution in [0.15, 0.2) is 29.2 Å². The summed E-state index contributed by atoms with van der Waals surface area (Å²) >= 11 is 0. The van der Waals surface area contributed by atoms with E-state index in [-0.39, 0.29) is 28.8 Å². The van der Waals surface area contributed by atoms with Gasteiger partial charge in [-0.15, -0.1) is 6.42 Å². The highest BCUT2D eigenvalue weighted by atomic mass is 32.2. The maximum Gasteiger partial charge on any atom is 0.319 e. The summed E-state index contributed by atoms with van der Waals surface area (Å²) in [6.45, 7) is 2.97. The van der Waals surface area contributed by atoms with Gasteiger partial charge in [0.25, 0.3) is 0 Å². The van der Waals surface area contributed by atoms with E-state index in [2.05, 4.69) is 35.1 Å². The average molecular weight is 629 g/mol. The number of ether oxygens (including phenoxy) is 1. The molecule has 45 heavy (non-hydrogen) atoms. The van der Waals surface area contributed by atoms with Gasteiger partial charge in [0.2, 0.25) is 0 Å². The van der Waals surface area contributed by atoms with Gasteiger partial charge in [-0.25, -0.2) is 8.60 Å². The monoisotopic (exact) mass is 628 g/mol. The molecule has 234 valence electrons. The number of benzene rings is 2. The summed E-state index contributed by atoms with van der Waals surface area (Å²) in [4.78, 5) is 14.8. The number of hydrogen-bond acceptors (Lipinski definition) is 8. The van der Waals surface area contributed by atoms with Gasteiger partial charge < -0.3 is 25.0 Å². The van der Waals surface area contributed by atoms with Gasteiger partial charge in [-0.05, 0) is 82.3 Å². The first-order chi connectivity index (χ1) is 21.7. The molecule has 3 aliphatic heterocycles. The molecule has 8 rings (SSSR count). The molecular formula is C34H37FN6O3S. The van der Waals surface area contributed by atoms with Crippen molar-refractivity contribution in [2.75, 3.05) is 45.2 Å². The van der Waals surface area contributed by atoms with E-state index in [4.69, 9.17) is 21.1 Å². The predicted molar refractivity (Wildman–Crippen MR) is 173 cm³/mol. The number of halogens is 1. The molecule has 0 amide bonds. The van der Waals surface area contributed by atoms with Gasteiger partial charge in [0, 0.05) is 54.1 Å². The Bertz CT molecular complexity index is 1800. The van der Waals surface area contributed by atoms with Crippen molar-refractivity contribution in [2.45, 2.75) is 61.5 Å². The smallest absolute Gasteiger partial charge is 0.319 e. The third-order valence-electron chi connectivity index (χ3n) is 9.70. The van der Waals surface area contributed by atoms with Crippen molar-refractivity contribution in [3.8, 4) is 24.1 Å². The molecule has 11 heteroatoms. The van der Waals surface area contributed by atoms with Crippen LogP contribution in [0.3, 0.4) is 0 Å². The normalized spacial score (nSPS) is 24.9. The van der Waals surface area contributed by atoms with E-state index in [9.17, 15) is 9.32 Å². The van der Waals surface area contributed by atoms with Crippen molar-refractivity contribution in [3.63, 3.8) is 0 Å². The van der Waals surface area contributed by atoms with Crippen LogP contribution in [0.4, 0.5) is 10.2 Å². The number of aromatic hydroxyl groups is 1. The predicted octanol–water partition coefficient (Wildman–Crippen LogP) is 4.12. The highest BCUT2D eigenvalue weighted by molar-refractivity contribution is 7.83. The number of piperazine rings is 1. The Morgan fingerprint density at radius 2 is 1.93 bits per heavy atom. The fourth-order valence-electron chi connectivity index (χ4n) is 7.35. The largest absolute Gasteiger partial charge is 0.508 e. The molecule has 0 spiro atoms. The molecule has 3 aromatic rings. The van der Waals surface area contributed by atoms with Crippen molar-refractivity contribution in [1.82, 2.24) is 24.5 Å². The molecule has 3 atom stereocenters. The lowest BCUT2D eigenvalue weighted by Gasteiger charge is -2.37. The maximum atomic E-state index is 15.0. The molecule has 2 aliphatic carbocycles. The molecule has 2 saturated heterocycles. The highest BCUT2D eigenvalue weighted by Gasteiger charge is 2.45. The van der Waals surface area contributed by atoms with Crippen LogP contribution in [0.25, 0.3) is 22.5 Å². The number of terminal acetylenes is 1. The van der Waals surface area contributed by atoms with Crippen LogP contribution in [-0.4, -0.2) is 87.0 Å². The lowest BCUT2D eigenvalue weighted by atomic mass is 9.96. The van der Waals surface area contributed by atoms with Gasteiger partial charge in [-0.1, -0.05) is 12.0 Å². The Kier molecular flexibility index (Phi) is 6.82. The minimum Gasteiger partial charge on any atom is -0.508 e. The van der Waals surface area contributed by atoms with Crippen molar-refractivity contribution >= 4 is 39.3 Å². The minimum absolute atomic E-state index is 0.0135. The molecule has 9 nitrogen and oxygen atoms in total. The zero-order valence-electron chi connectivity index (χ0n) is 25.6. The second kappa shape index (κ2) is 10.7. The van der Waals surface area contributed by atoms with Crippen LogP contribution < -0.4 is 15.0 Å². The topological polar surface area (TPSA) is 94.1 Å². The molecule has 3 unspecified atom stereocenters. The van der Waals surface area contributed by atoms with E-state index in [0.717, 1.165) is 58.2 Å². The van der Waals surface area contributed by atoms with E-state index >= 15 is 4.39 Å². The van der Waals surface area contributed by atoms with Gasteiger partial charge in [0.05, 0.1) is 23.6 Å². The lowest BCUT2D eigenvalue weighted by Crippen LogP contribution is -2.52. The molecule has 5 aliphatic rings. The Hall–Kier alpha value is -3.72. The number of rotatable bonds is 8. The summed E-state index contributed by atoms with van der Waals surface area (Å²) in [5, 5.41) is 15.6. The zero-order chi connectivity index (χ0) is 31.0. The molecule has 4 fully saturated rings. The van der Waals surface area contributed by atoms with Crippen LogP contribution in [0.1, 0.15) is 55.3 Å². The van der Waals surface area contributed by atoms with Crippen molar-refractivity contribution in [3.05, 3.63) is 46.9 Å². The number of aromatic nitrogens is 2. The SMILES string of the molecule is C#Cc1c(F)ccc2cc(O)cc(C3=Cc4nc(OCC5(CN(C)C)CC5)nc(N5CC6CCC(C5)N6)c4S(=O)N3C3CC3)c12. The molecule has 0 radical (unpaired) electrons. The number of nitrogens with one attached hydrogen (secondary N) is 1. The fourth-order valence-corrected chi connectivity index (χ4v) is 8.97. The summed E-state index contributed by atoms with van der Waals surface area (Å²) in [5.74, 6) is 2.66. The highest BCUT2D eigenvalue weighted by Crippen LogP contribution is 2.48. The van der Waals surface area contributed by atoms with E-state index in [0.29, 0.717) is 57.1 Å². The molecule has 4 heterocycles. The van der Waals surface area contributed by atoms with E-state index < -0.39 is 16.8 Å². The maximum absolute atomic E-state index is 15.0. The standard InChI is InChI=1S/C34H37FN6O3S/c1-4-25-27(35)10-5-20-13-24(42)14-26(30(20)25)29-15-28-31(45(43)41(29)23-8-9-23)32(40-16-21-6-7-22(17-40)36-21)38-33(37-28)44-19-34(11-12-34)18-39(2)3/h1,5,10,13-15,21-23,36,42H,6-9,11-12,16-19H2,2-3H3. The summed E-state index contributed by atoms with van der Waals surface area (Å²) < 4.78 is 38.1. The second-order valence-electron chi connectivity index (χ2n) is 13.6. The molecule has 2 N–H and O–H groups in total. The fraction of sp³-hybridized carbons (Fsp3) is 0.471. The zero-order valence-corrected chi connectivity index (χ0v) is 26.4. The molecule has 2 aromatic carbocycles. The third-order valence-corrected chi connectivity index (χ3v) is 11.3. The summed E-state index contributed by atoms with van der Waals surface area (Å²) in [5.41, 5.74) is 1.82. The number of hydrogen-bond donors (Lipinski definition) is 2. The number of fused-ring (bicyclic) bond motifs is 4. The lowest BCUT2D eigenvalue weighted by molar-refractivity contribution is 0.182. The first-order valence-electron chi connectivity index (χ1n) is 15.8.